The molecule has 6 heteroatoms. The summed E-state index contributed by atoms with van der Waals surface area (Å²) in [6.45, 7) is -2.39. The highest BCUT2D eigenvalue weighted by atomic mass is 32.1. The van der Waals surface area contributed by atoms with Crippen LogP contribution < -0.4 is 9.51 Å². The number of hydrogen-bond donors (Lipinski definition) is 0. The summed E-state index contributed by atoms with van der Waals surface area (Å²) in [5, 5.41) is -0.543. The molecule has 0 radical (unpaired) electrons. The highest BCUT2D eigenvalue weighted by Crippen LogP contribution is 2.37. The van der Waals surface area contributed by atoms with Crippen molar-refractivity contribution in [1.82, 2.24) is 4.98 Å². The Hall–Kier alpha value is -0.585. The van der Waals surface area contributed by atoms with Gasteiger partial charge in [0, 0.05) is 11.0 Å². The zero-order valence-corrected chi connectivity index (χ0v) is 12.0. The molecule has 0 spiro atoms. The Bertz CT molecular complexity index is 758. The Morgan fingerprint density at radius 3 is 2.58 bits per heavy atom. The maximum absolute atomic E-state index is 8.07. The Morgan fingerprint density at radius 1 is 1.32 bits per heavy atom. The Balaban J connectivity index is 2.57. The van der Waals surface area contributed by atoms with E-state index in [1.165, 1.54) is 0 Å². The van der Waals surface area contributed by atoms with E-state index in [0.29, 0.717) is 11.3 Å². The van der Waals surface area contributed by atoms with Crippen LogP contribution >= 0.6 is 11.3 Å². The minimum atomic E-state index is -3.15. The summed E-state index contributed by atoms with van der Waals surface area (Å²) in [6, 6.07) is 0. The summed E-state index contributed by atoms with van der Waals surface area (Å²) >= 11 is 0.581. The van der Waals surface area contributed by atoms with Crippen molar-refractivity contribution < 1.29 is 27.8 Å². The quantitative estimate of drug-likeness (QED) is 0.799. The zero-order valence-electron chi connectivity index (χ0n) is 21.2. The van der Waals surface area contributed by atoms with E-state index in [2.05, 4.69) is 4.98 Å². The fourth-order valence-corrected chi connectivity index (χ4v) is 2.39. The molecule has 1 fully saturated rings. The lowest BCUT2D eigenvalue weighted by Gasteiger charge is -2.32. The third-order valence-corrected chi connectivity index (χ3v) is 4.31. The zero-order chi connectivity index (χ0) is 22.8. The van der Waals surface area contributed by atoms with Crippen molar-refractivity contribution in [2.45, 2.75) is 59.0 Å². The molecule has 0 saturated carbocycles. The van der Waals surface area contributed by atoms with Gasteiger partial charge in [0.15, 0.2) is 0 Å². The lowest BCUT2D eigenvalue weighted by Crippen LogP contribution is -2.41. The van der Waals surface area contributed by atoms with E-state index >= 15 is 0 Å². The number of aromatic nitrogens is 1. The molecule has 0 aromatic carbocycles. The highest BCUT2D eigenvalue weighted by Gasteiger charge is 2.53. The predicted molar refractivity (Wildman–Crippen MR) is 78.4 cm³/mol. The van der Waals surface area contributed by atoms with Crippen molar-refractivity contribution in [3.05, 3.63) is 5.69 Å². The van der Waals surface area contributed by atoms with Gasteiger partial charge in [-0.25, -0.2) is 4.98 Å². The van der Waals surface area contributed by atoms with Crippen LogP contribution in [-0.4, -0.2) is 29.9 Å². The molecular formula is C13H22BNO3S. The molecule has 4 nitrogen and oxygen atoms in total. The van der Waals surface area contributed by atoms with E-state index in [9.17, 15) is 0 Å². The second-order valence-electron chi connectivity index (χ2n) is 5.11. The smallest absolute Gasteiger partial charge is 0.470 e. The molecular weight excluding hydrogens is 261 g/mol. The first-order chi connectivity index (χ1) is 12.6. The van der Waals surface area contributed by atoms with Gasteiger partial charge in [0.25, 0.3) is 5.19 Å². The summed E-state index contributed by atoms with van der Waals surface area (Å²) < 4.78 is 92.1. The molecule has 19 heavy (non-hydrogen) atoms. The molecule has 0 N–H and O–H groups in total. The van der Waals surface area contributed by atoms with Gasteiger partial charge in [0.1, 0.15) is 0 Å². The molecule has 0 bridgehead atoms. The molecule has 1 aliphatic rings. The molecule has 0 aliphatic carbocycles. The number of nitrogens with zero attached hydrogens (tertiary/aromatic N) is 1. The van der Waals surface area contributed by atoms with Gasteiger partial charge in [-0.3, -0.25) is 0 Å². The van der Waals surface area contributed by atoms with Crippen LogP contribution in [0.15, 0.2) is 0 Å². The van der Waals surface area contributed by atoms with Gasteiger partial charge in [-0.1, -0.05) is 18.2 Å². The second-order valence-corrected chi connectivity index (χ2v) is 6.10. The first-order valence-corrected chi connectivity index (χ1v) is 6.50. The Labute approximate surface area is 133 Å². The van der Waals surface area contributed by atoms with Crippen molar-refractivity contribution >= 4 is 23.2 Å². The summed E-state index contributed by atoms with van der Waals surface area (Å²) in [7, 11) is -1.19. The largest absolute Gasteiger partial charge is 0.507 e. The van der Waals surface area contributed by atoms with Crippen LogP contribution in [0.25, 0.3) is 0 Å². The average Bonchev–Trinajstić information content (AvgIpc) is 2.95. The lowest BCUT2D eigenvalue weighted by atomic mass is 9.86. The van der Waals surface area contributed by atoms with Crippen LogP contribution in [-0.2, 0) is 15.7 Å². The first-order valence-electron chi connectivity index (χ1n) is 10.7. The molecule has 2 rings (SSSR count). The van der Waals surface area contributed by atoms with Crippen LogP contribution in [0, 0.1) is 0 Å². The van der Waals surface area contributed by atoms with E-state index in [1.54, 1.807) is 27.7 Å². The molecule has 1 aromatic rings. The van der Waals surface area contributed by atoms with E-state index in [4.69, 9.17) is 27.8 Å². The highest BCUT2D eigenvalue weighted by molar-refractivity contribution is 7.23. The van der Waals surface area contributed by atoms with Crippen molar-refractivity contribution in [3.8, 4) is 5.19 Å². The van der Waals surface area contributed by atoms with Crippen LogP contribution in [0.5, 0.6) is 5.19 Å². The van der Waals surface area contributed by atoms with Crippen LogP contribution in [0.3, 0.4) is 0 Å². The third kappa shape index (κ3) is 2.66. The number of rotatable bonds is 4. The Morgan fingerprint density at radius 2 is 2.00 bits per heavy atom. The molecule has 0 atom stereocenters. The summed E-state index contributed by atoms with van der Waals surface area (Å²) in [5.74, 6) is 0. The molecule has 1 saturated heterocycles. The van der Waals surface area contributed by atoms with Gasteiger partial charge in [-0.05, 0) is 40.9 Å². The fourth-order valence-electron chi connectivity index (χ4n) is 1.60. The first kappa shape index (κ1) is 6.45. The van der Waals surface area contributed by atoms with E-state index in [-0.39, 0.29) is 4.78 Å². The van der Waals surface area contributed by atoms with Gasteiger partial charge < -0.3 is 14.0 Å². The normalized spacial score (nSPS) is 31.5. The van der Waals surface area contributed by atoms with Gasteiger partial charge in [-0.15, -0.1) is 0 Å². The number of thiazole rings is 1. The molecule has 1 aliphatic heterocycles. The molecule has 0 amide bonds. The van der Waals surface area contributed by atoms with Crippen LogP contribution in [0.2, 0.25) is 0 Å². The molecule has 2 heterocycles. The maximum atomic E-state index is 8.07. The second kappa shape index (κ2) is 5.07. The van der Waals surface area contributed by atoms with Gasteiger partial charge in [0.05, 0.1) is 31.0 Å². The lowest BCUT2D eigenvalue weighted by molar-refractivity contribution is 0.00578. The van der Waals surface area contributed by atoms with Crippen molar-refractivity contribution in [1.29, 1.82) is 0 Å². The van der Waals surface area contributed by atoms with Gasteiger partial charge >= 0.3 is 7.12 Å². The fraction of sp³-hybridized carbons (Fsp3) is 0.769. The summed E-state index contributed by atoms with van der Waals surface area (Å²) in [5.41, 5.74) is -2.21. The van der Waals surface area contributed by atoms with E-state index < -0.39 is 55.8 Å². The maximum Gasteiger partial charge on any atom is 0.507 e. The van der Waals surface area contributed by atoms with E-state index in [1.807, 2.05) is 0 Å². The predicted octanol–water partition coefficient (Wildman–Crippen LogP) is 2.40. The van der Waals surface area contributed by atoms with Gasteiger partial charge in [0.2, 0.25) is 0 Å². The number of ether oxygens (including phenoxy) is 1. The van der Waals surface area contributed by atoms with E-state index in [0.717, 1.165) is 0 Å². The topological polar surface area (TPSA) is 40.6 Å². The standard InChI is InChI=1S/C13H22BNO3S/c1-7-9-10(19-11(15-9)16-8-2)14-17-12(3,4)13(5,6)18-14/h7-8H2,1-6H3/i1D3,2D3,7D2,8D2. The summed E-state index contributed by atoms with van der Waals surface area (Å²) in [6.07, 6.45) is -2.95. The minimum absolute atomic E-state index is 0.0684. The molecule has 1 aromatic heterocycles. The van der Waals surface area contributed by atoms with Crippen LogP contribution in [0.1, 0.15) is 60.8 Å². The average molecular weight is 293 g/mol. The van der Waals surface area contributed by atoms with Gasteiger partial charge in [-0.2, -0.15) is 0 Å². The SMILES string of the molecule is [2H]C([2H])([2H])C([2H])([2H])Oc1nc(C([2H])([2H])C([2H])([2H])[2H])c(B2OC(C)(C)C(C)(C)O2)s1. The molecule has 0 unspecified atom stereocenters. The van der Waals surface area contributed by atoms with Crippen molar-refractivity contribution in [2.75, 3.05) is 6.56 Å². The summed E-state index contributed by atoms with van der Waals surface area (Å²) in [4.78, 5) is 3.80. The molecule has 106 valence electrons. The minimum Gasteiger partial charge on any atom is -0.470 e. The van der Waals surface area contributed by atoms with Crippen molar-refractivity contribution in [3.63, 3.8) is 0 Å². The Kier molecular flexibility index (Phi) is 1.72. The third-order valence-electron chi connectivity index (χ3n) is 3.36. The number of hydrogen-bond acceptors (Lipinski definition) is 5. The monoisotopic (exact) mass is 293 g/mol. The number of aryl methyl sites for hydroxylation is 1. The van der Waals surface area contributed by atoms with Crippen molar-refractivity contribution in [2.24, 2.45) is 0 Å². The van der Waals surface area contributed by atoms with Crippen LogP contribution in [0.4, 0.5) is 0 Å².